The summed E-state index contributed by atoms with van der Waals surface area (Å²) in [4.78, 5) is 25.2. The van der Waals surface area contributed by atoms with Gasteiger partial charge in [-0.3, -0.25) is 9.59 Å². The van der Waals surface area contributed by atoms with Crippen LogP contribution in [0.4, 0.5) is 10.1 Å². The molecule has 2 amide bonds. The Hall–Kier alpha value is -4.26. The zero-order valence-electron chi connectivity index (χ0n) is 17.7. The Morgan fingerprint density at radius 3 is 2.55 bits per heavy atom. The van der Waals surface area contributed by atoms with Gasteiger partial charge in [0.05, 0.1) is 17.3 Å². The number of hydrogen-bond acceptors (Lipinski definition) is 3. The lowest BCUT2D eigenvalue weighted by molar-refractivity contribution is -0.126. The number of nitrogens with one attached hydrogen (secondary N) is 2. The van der Waals surface area contributed by atoms with Crippen LogP contribution in [0.2, 0.25) is 0 Å². The van der Waals surface area contributed by atoms with Gasteiger partial charge in [-0.1, -0.05) is 54.6 Å². The lowest BCUT2D eigenvalue weighted by atomic mass is 9.89. The average Bonchev–Trinajstić information content (AvgIpc) is 3.27. The molecule has 1 aliphatic heterocycles. The second-order valence-electron chi connectivity index (χ2n) is 7.90. The van der Waals surface area contributed by atoms with Gasteiger partial charge >= 0.3 is 0 Å². The van der Waals surface area contributed by atoms with Gasteiger partial charge in [0.1, 0.15) is 5.82 Å². The van der Waals surface area contributed by atoms with E-state index in [9.17, 15) is 14.0 Å². The van der Waals surface area contributed by atoms with Crippen LogP contribution in [-0.4, -0.2) is 21.6 Å². The Morgan fingerprint density at radius 1 is 1.06 bits per heavy atom. The predicted octanol–water partition coefficient (Wildman–Crippen LogP) is 4.42. The average molecular weight is 440 g/mol. The molecule has 4 aromatic rings. The molecule has 3 aromatic carbocycles. The van der Waals surface area contributed by atoms with E-state index in [2.05, 4.69) is 10.6 Å². The first-order valence-electron chi connectivity index (χ1n) is 10.6. The molecule has 0 spiro atoms. The van der Waals surface area contributed by atoms with Crippen molar-refractivity contribution in [2.75, 3.05) is 5.32 Å². The Bertz CT molecular complexity index is 1320. The van der Waals surface area contributed by atoms with Crippen LogP contribution >= 0.6 is 0 Å². The van der Waals surface area contributed by atoms with E-state index in [-0.39, 0.29) is 24.8 Å². The van der Waals surface area contributed by atoms with Crippen molar-refractivity contribution < 1.29 is 14.0 Å². The summed E-state index contributed by atoms with van der Waals surface area (Å²) in [6.07, 6.45) is 1.91. The Labute approximate surface area is 190 Å². The number of aromatic nitrogens is 2. The molecule has 5 rings (SSSR count). The van der Waals surface area contributed by atoms with Gasteiger partial charge in [0.25, 0.3) is 0 Å². The van der Waals surface area contributed by atoms with Crippen molar-refractivity contribution in [2.24, 2.45) is 0 Å². The van der Waals surface area contributed by atoms with Crippen molar-refractivity contribution in [1.29, 1.82) is 0 Å². The van der Waals surface area contributed by atoms with Gasteiger partial charge in [-0.25, -0.2) is 9.07 Å². The molecule has 1 aromatic heterocycles. The fraction of sp³-hybridized carbons (Fsp3) is 0.115. The van der Waals surface area contributed by atoms with Crippen molar-refractivity contribution in [3.63, 3.8) is 0 Å². The van der Waals surface area contributed by atoms with E-state index in [4.69, 9.17) is 5.10 Å². The number of nitrogens with zero attached hydrogens (tertiary/aromatic N) is 2. The van der Waals surface area contributed by atoms with Crippen LogP contribution in [0.3, 0.4) is 0 Å². The normalized spacial score (nSPS) is 14.9. The number of amides is 2. The van der Waals surface area contributed by atoms with Crippen molar-refractivity contribution in [3.05, 3.63) is 102 Å². The predicted molar refractivity (Wildman–Crippen MR) is 123 cm³/mol. The minimum atomic E-state index is -0.682. The molecule has 33 heavy (non-hydrogen) atoms. The summed E-state index contributed by atoms with van der Waals surface area (Å²) in [6, 6.07) is 23.6. The molecule has 1 atom stereocenters. The van der Waals surface area contributed by atoms with Gasteiger partial charge in [-0.15, -0.1) is 0 Å². The first-order valence-corrected chi connectivity index (χ1v) is 10.6. The van der Waals surface area contributed by atoms with E-state index in [1.54, 1.807) is 10.7 Å². The van der Waals surface area contributed by atoms with Crippen molar-refractivity contribution in [1.82, 2.24) is 15.1 Å². The van der Waals surface area contributed by atoms with Crippen molar-refractivity contribution in [2.45, 2.75) is 18.9 Å². The maximum Gasteiger partial charge on any atom is 0.228 e. The molecule has 0 aliphatic carbocycles. The molecule has 0 bridgehead atoms. The van der Waals surface area contributed by atoms with Crippen LogP contribution in [0.1, 0.15) is 23.5 Å². The van der Waals surface area contributed by atoms with E-state index in [0.717, 1.165) is 22.5 Å². The topological polar surface area (TPSA) is 76.0 Å². The molecule has 0 saturated heterocycles. The van der Waals surface area contributed by atoms with Crippen LogP contribution in [-0.2, 0) is 16.1 Å². The number of hydrogen-bond donors (Lipinski definition) is 2. The highest BCUT2D eigenvalue weighted by Gasteiger charge is 2.31. The third-order valence-corrected chi connectivity index (χ3v) is 5.68. The molecule has 7 heteroatoms. The summed E-state index contributed by atoms with van der Waals surface area (Å²) in [7, 11) is 0. The van der Waals surface area contributed by atoms with Crippen molar-refractivity contribution in [3.8, 4) is 16.9 Å². The van der Waals surface area contributed by atoms with Gasteiger partial charge in [-0.05, 0) is 29.8 Å². The number of fused-ring (bicyclic) bond motifs is 1. The highest BCUT2D eigenvalue weighted by Crippen LogP contribution is 2.33. The summed E-state index contributed by atoms with van der Waals surface area (Å²) < 4.78 is 15.4. The zero-order chi connectivity index (χ0) is 22.8. The smallest absolute Gasteiger partial charge is 0.228 e. The first-order chi connectivity index (χ1) is 16.1. The number of carbonyl (C=O) groups excluding carboxylic acids is 2. The van der Waals surface area contributed by atoms with Gasteiger partial charge in [-0.2, -0.15) is 5.10 Å². The number of halogens is 1. The first kappa shape index (κ1) is 20.6. The summed E-state index contributed by atoms with van der Waals surface area (Å²) in [5.74, 6) is -1.74. The maximum absolute atomic E-state index is 13.6. The van der Waals surface area contributed by atoms with E-state index in [1.807, 2.05) is 66.9 Å². The van der Waals surface area contributed by atoms with Crippen LogP contribution in [0.15, 0.2) is 85.1 Å². The summed E-state index contributed by atoms with van der Waals surface area (Å²) in [5, 5.41) is 10.4. The fourth-order valence-electron chi connectivity index (χ4n) is 4.07. The molecule has 6 nitrogen and oxygen atoms in total. The van der Waals surface area contributed by atoms with Crippen LogP contribution in [0.25, 0.3) is 16.9 Å². The quantitative estimate of drug-likeness (QED) is 0.482. The standard InChI is InChI=1S/C26H21FN4O2/c27-19-11-12-21-22(14-24(32)29-23(21)13-19)26(33)28-15-18-16-31(20-9-5-2-6-10-20)30-25(18)17-7-3-1-4-8-17/h1-13,16,22H,14-15H2,(H,28,33)(H,29,32). The number of rotatable bonds is 5. The third kappa shape index (κ3) is 4.25. The largest absolute Gasteiger partial charge is 0.351 e. The molecule has 2 N–H and O–H groups in total. The Kier molecular flexibility index (Phi) is 5.44. The SMILES string of the molecule is O=C1CC(C(=O)NCc2cn(-c3ccccc3)nc2-c2ccccc2)c2ccc(F)cc2N1. The van der Waals surface area contributed by atoms with E-state index >= 15 is 0 Å². The Balaban J connectivity index is 1.42. The molecule has 164 valence electrons. The second-order valence-corrected chi connectivity index (χ2v) is 7.90. The van der Waals surface area contributed by atoms with Crippen molar-refractivity contribution >= 4 is 17.5 Å². The lowest BCUT2D eigenvalue weighted by Gasteiger charge is -2.24. The van der Waals surface area contributed by atoms with E-state index in [1.165, 1.54) is 12.1 Å². The zero-order valence-corrected chi connectivity index (χ0v) is 17.7. The highest BCUT2D eigenvalue weighted by atomic mass is 19.1. The molecule has 1 aliphatic rings. The maximum atomic E-state index is 13.6. The highest BCUT2D eigenvalue weighted by molar-refractivity contribution is 6.01. The number of carbonyl (C=O) groups is 2. The third-order valence-electron chi connectivity index (χ3n) is 5.68. The molecular weight excluding hydrogens is 419 g/mol. The summed E-state index contributed by atoms with van der Waals surface area (Å²) in [5.41, 5.74) is 4.41. The fourth-order valence-corrected chi connectivity index (χ4v) is 4.07. The summed E-state index contributed by atoms with van der Waals surface area (Å²) >= 11 is 0. The molecule has 0 radical (unpaired) electrons. The van der Waals surface area contributed by atoms with Gasteiger partial charge < -0.3 is 10.6 Å². The van der Waals surface area contributed by atoms with E-state index in [0.29, 0.717) is 11.3 Å². The number of anilines is 1. The van der Waals surface area contributed by atoms with E-state index < -0.39 is 11.7 Å². The molecule has 1 unspecified atom stereocenters. The number of para-hydroxylation sites is 1. The number of benzene rings is 3. The van der Waals surface area contributed by atoms with Gasteiger partial charge in [0.15, 0.2) is 0 Å². The van der Waals surface area contributed by atoms with Crippen LogP contribution in [0.5, 0.6) is 0 Å². The lowest BCUT2D eigenvalue weighted by Crippen LogP contribution is -2.34. The Morgan fingerprint density at radius 2 is 1.79 bits per heavy atom. The minimum Gasteiger partial charge on any atom is -0.351 e. The molecule has 2 heterocycles. The van der Waals surface area contributed by atoms with Crippen LogP contribution in [0, 0.1) is 5.82 Å². The summed E-state index contributed by atoms with van der Waals surface area (Å²) in [6.45, 7) is 0.241. The molecule has 0 fully saturated rings. The van der Waals surface area contributed by atoms with Crippen LogP contribution < -0.4 is 10.6 Å². The van der Waals surface area contributed by atoms with Gasteiger partial charge in [0, 0.05) is 36.0 Å². The van der Waals surface area contributed by atoms with Gasteiger partial charge in [0.2, 0.25) is 11.8 Å². The minimum absolute atomic E-state index is 0.0132. The second kappa shape index (κ2) is 8.70. The molecule has 0 saturated carbocycles. The monoisotopic (exact) mass is 440 g/mol. The molecular formula is C26H21FN4O2.